The second-order valence-electron chi connectivity index (χ2n) is 7.18. The van der Waals surface area contributed by atoms with E-state index in [1.54, 1.807) is 10.9 Å². The number of likely N-dealkylation sites (tertiary alicyclic amines) is 1. The first kappa shape index (κ1) is 17.9. The quantitative estimate of drug-likeness (QED) is 0.796. The molecule has 0 saturated carbocycles. The average Bonchev–Trinajstić information content (AvgIpc) is 3.06. The zero-order chi connectivity index (χ0) is 17.8. The van der Waals surface area contributed by atoms with Crippen molar-refractivity contribution in [3.63, 3.8) is 0 Å². The normalized spacial score (nSPS) is 20.6. The molecule has 2 fully saturated rings. The van der Waals surface area contributed by atoms with Gasteiger partial charge in [0.2, 0.25) is 11.8 Å². The van der Waals surface area contributed by atoms with E-state index in [4.69, 9.17) is 0 Å². The highest BCUT2D eigenvalue weighted by atomic mass is 16.2. The van der Waals surface area contributed by atoms with E-state index in [1.807, 2.05) is 30.0 Å². The van der Waals surface area contributed by atoms with Crippen molar-refractivity contribution in [3.05, 3.63) is 18.0 Å². The van der Waals surface area contributed by atoms with Crippen LogP contribution in [0.25, 0.3) is 0 Å². The first-order valence-corrected chi connectivity index (χ1v) is 9.33. The van der Waals surface area contributed by atoms with Crippen molar-refractivity contribution in [2.75, 3.05) is 39.3 Å². The first-order valence-electron chi connectivity index (χ1n) is 9.33. The Labute approximate surface area is 149 Å². The van der Waals surface area contributed by atoms with E-state index >= 15 is 0 Å². The van der Waals surface area contributed by atoms with Crippen LogP contribution in [0.15, 0.2) is 12.4 Å². The van der Waals surface area contributed by atoms with Crippen LogP contribution in [0, 0.1) is 0 Å². The van der Waals surface area contributed by atoms with Crippen molar-refractivity contribution in [1.82, 2.24) is 24.5 Å². The lowest BCUT2D eigenvalue weighted by Gasteiger charge is -2.39. The van der Waals surface area contributed by atoms with Gasteiger partial charge in [-0.2, -0.15) is 5.10 Å². The van der Waals surface area contributed by atoms with E-state index in [2.05, 4.69) is 10.00 Å². The SMILES string of the molecule is CC(C(=O)N1CCCCC1)N1CCN(C(=O)Cc2cnn(C)c2)CC1. The highest BCUT2D eigenvalue weighted by molar-refractivity contribution is 5.82. The first-order chi connectivity index (χ1) is 12.0. The van der Waals surface area contributed by atoms with E-state index < -0.39 is 0 Å². The molecule has 7 heteroatoms. The van der Waals surface area contributed by atoms with Gasteiger partial charge >= 0.3 is 0 Å². The van der Waals surface area contributed by atoms with Crippen molar-refractivity contribution in [2.24, 2.45) is 7.05 Å². The molecule has 0 aliphatic carbocycles. The predicted molar refractivity (Wildman–Crippen MR) is 95.0 cm³/mol. The molecule has 0 aromatic carbocycles. The maximum absolute atomic E-state index is 12.7. The Morgan fingerprint density at radius 1 is 1.04 bits per heavy atom. The molecule has 2 aliphatic heterocycles. The number of hydrogen-bond acceptors (Lipinski definition) is 4. The Balaban J connectivity index is 1.47. The minimum atomic E-state index is -0.0892. The molecule has 25 heavy (non-hydrogen) atoms. The van der Waals surface area contributed by atoms with Gasteiger partial charge in [-0.3, -0.25) is 19.2 Å². The number of carbonyl (C=O) groups is 2. The highest BCUT2D eigenvalue weighted by Gasteiger charge is 2.30. The highest BCUT2D eigenvalue weighted by Crippen LogP contribution is 2.14. The fraction of sp³-hybridized carbons (Fsp3) is 0.722. The van der Waals surface area contributed by atoms with Gasteiger partial charge in [-0.25, -0.2) is 0 Å². The van der Waals surface area contributed by atoms with Crippen LogP contribution in [0.5, 0.6) is 0 Å². The second kappa shape index (κ2) is 7.99. The van der Waals surface area contributed by atoms with Crippen molar-refractivity contribution in [2.45, 2.75) is 38.6 Å². The predicted octanol–water partition coefficient (Wildman–Crippen LogP) is 0.508. The lowest BCUT2D eigenvalue weighted by atomic mass is 10.1. The molecule has 3 rings (SSSR count). The summed E-state index contributed by atoms with van der Waals surface area (Å²) in [7, 11) is 1.85. The van der Waals surface area contributed by atoms with Gasteiger partial charge in [-0.15, -0.1) is 0 Å². The third-order valence-corrected chi connectivity index (χ3v) is 5.35. The standard InChI is InChI=1S/C18H29N5O2/c1-15(18(25)23-6-4-3-5-7-23)21-8-10-22(11-9-21)17(24)12-16-13-19-20(2)14-16/h13-15H,3-12H2,1-2H3. The fourth-order valence-corrected chi connectivity index (χ4v) is 3.74. The zero-order valence-electron chi connectivity index (χ0n) is 15.4. The molecule has 1 atom stereocenters. The van der Waals surface area contributed by atoms with Crippen LogP contribution in [0.4, 0.5) is 0 Å². The van der Waals surface area contributed by atoms with Gasteiger partial charge < -0.3 is 9.80 Å². The Morgan fingerprint density at radius 2 is 1.72 bits per heavy atom. The van der Waals surface area contributed by atoms with Gasteiger partial charge in [0.1, 0.15) is 0 Å². The summed E-state index contributed by atoms with van der Waals surface area (Å²) < 4.78 is 1.72. The molecule has 7 nitrogen and oxygen atoms in total. The van der Waals surface area contributed by atoms with Crippen LogP contribution >= 0.6 is 0 Å². The number of nitrogens with zero attached hydrogens (tertiary/aromatic N) is 5. The average molecular weight is 347 g/mol. The minimum absolute atomic E-state index is 0.0892. The molecule has 1 aromatic heterocycles. The van der Waals surface area contributed by atoms with E-state index in [9.17, 15) is 9.59 Å². The topological polar surface area (TPSA) is 61.7 Å². The molecule has 1 aromatic rings. The van der Waals surface area contributed by atoms with E-state index in [0.717, 1.165) is 44.6 Å². The third kappa shape index (κ3) is 4.39. The van der Waals surface area contributed by atoms with Gasteiger partial charge in [0.15, 0.2) is 0 Å². The van der Waals surface area contributed by atoms with Gasteiger partial charge in [0.05, 0.1) is 18.7 Å². The summed E-state index contributed by atoms with van der Waals surface area (Å²) in [5.74, 6) is 0.387. The van der Waals surface area contributed by atoms with E-state index in [-0.39, 0.29) is 17.9 Å². The number of amides is 2. The van der Waals surface area contributed by atoms with Crippen LogP contribution in [0.2, 0.25) is 0 Å². The molecule has 0 bridgehead atoms. The van der Waals surface area contributed by atoms with Crippen LogP contribution < -0.4 is 0 Å². The molecule has 1 unspecified atom stereocenters. The second-order valence-corrected chi connectivity index (χ2v) is 7.18. The number of piperidine rings is 1. The van der Waals surface area contributed by atoms with Crippen LogP contribution in [-0.4, -0.2) is 81.6 Å². The molecule has 0 radical (unpaired) electrons. The lowest BCUT2D eigenvalue weighted by Crippen LogP contribution is -2.56. The number of carbonyl (C=O) groups excluding carboxylic acids is 2. The molecule has 2 aliphatic rings. The molecule has 138 valence electrons. The minimum Gasteiger partial charge on any atom is -0.341 e. The number of hydrogen-bond donors (Lipinski definition) is 0. The maximum Gasteiger partial charge on any atom is 0.239 e. The van der Waals surface area contributed by atoms with Gasteiger partial charge in [-0.05, 0) is 31.7 Å². The summed E-state index contributed by atoms with van der Waals surface area (Å²) in [5, 5.41) is 4.11. The largest absolute Gasteiger partial charge is 0.341 e. The number of rotatable bonds is 4. The van der Waals surface area contributed by atoms with Crippen molar-refractivity contribution in [1.29, 1.82) is 0 Å². The molecular formula is C18H29N5O2. The summed E-state index contributed by atoms with van der Waals surface area (Å²) in [5.41, 5.74) is 0.948. The monoisotopic (exact) mass is 347 g/mol. The number of aryl methyl sites for hydroxylation is 1. The zero-order valence-corrected chi connectivity index (χ0v) is 15.4. The molecule has 0 N–H and O–H groups in total. The Kier molecular flexibility index (Phi) is 5.73. The van der Waals surface area contributed by atoms with Crippen LogP contribution in [0.3, 0.4) is 0 Å². The van der Waals surface area contributed by atoms with Crippen LogP contribution in [0.1, 0.15) is 31.7 Å². The Morgan fingerprint density at radius 3 is 2.32 bits per heavy atom. The van der Waals surface area contributed by atoms with E-state index in [1.165, 1.54) is 6.42 Å². The summed E-state index contributed by atoms with van der Waals surface area (Å²) in [6.07, 6.45) is 7.50. The third-order valence-electron chi connectivity index (χ3n) is 5.35. The summed E-state index contributed by atoms with van der Waals surface area (Å²) >= 11 is 0. The summed E-state index contributed by atoms with van der Waals surface area (Å²) in [6.45, 7) is 6.70. The smallest absolute Gasteiger partial charge is 0.239 e. The Bertz CT molecular complexity index is 600. The number of piperazine rings is 1. The van der Waals surface area contributed by atoms with Gasteiger partial charge in [-0.1, -0.05) is 0 Å². The summed E-state index contributed by atoms with van der Waals surface area (Å²) in [6, 6.07) is -0.0892. The lowest BCUT2D eigenvalue weighted by molar-refractivity contribution is -0.139. The molecule has 2 amide bonds. The van der Waals surface area contributed by atoms with Crippen molar-refractivity contribution < 1.29 is 9.59 Å². The molecule has 2 saturated heterocycles. The molecule has 0 spiro atoms. The van der Waals surface area contributed by atoms with Gasteiger partial charge in [0, 0.05) is 52.5 Å². The van der Waals surface area contributed by atoms with E-state index in [0.29, 0.717) is 19.5 Å². The fourth-order valence-electron chi connectivity index (χ4n) is 3.74. The molecular weight excluding hydrogens is 318 g/mol. The number of aromatic nitrogens is 2. The van der Waals surface area contributed by atoms with Crippen molar-refractivity contribution in [3.8, 4) is 0 Å². The summed E-state index contributed by atoms with van der Waals surface area (Å²) in [4.78, 5) is 31.2. The maximum atomic E-state index is 12.7. The van der Waals surface area contributed by atoms with Gasteiger partial charge in [0.25, 0.3) is 0 Å². The molecule has 3 heterocycles. The van der Waals surface area contributed by atoms with Crippen LogP contribution in [-0.2, 0) is 23.1 Å². The van der Waals surface area contributed by atoms with Crippen molar-refractivity contribution >= 4 is 11.8 Å². The Hall–Kier alpha value is -1.89.